The number of hydrogen-bond donors (Lipinski definition) is 0. The van der Waals surface area contributed by atoms with Crippen molar-refractivity contribution in [2.24, 2.45) is 0 Å². The minimum Gasteiger partial charge on any atom is -0.347 e. The van der Waals surface area contributed by atoms with Crippen LogP contribution in [0, 0.1) is 6.92 Å². The maximum absolute atomic E-state index is 13.1. The summed E-state index contributed by atoms with van der Waals surface area (Å²) in [6.45, 7) is 2.40. The molecule has 1 aliphatic heterocycles. The van der Waals surface area contributed by atoms with Crippen molar-refractivity contribution in [3.8, 4) is 0 Å². The van der Waals surface area contributed by atoms with E-state index in [2.05, 4.69) is 4.98 Å². The molecule has 1 aromatic heterocycles. The Bertz CT molecular complexity index is 876. The molecule has 2 aromatic rings. The van der Waals surface area contributed by atoms with Gasteiger partial charge < -0.3 is 9.47 Å². The maximum atomic E-state index is 13.1. The highest BCUT2D eigenvalue weighted by Gasteiger charge is 2.47. The Morgan fingerprint density at radius 1 is 1.23 bits per heavy atom. The first-order chi connectivity index (χ1) is 12.3. The molecule has 0 aliphatic carbocycles. The van der Waals surface area contributed by atoms with Gasteiger partial charge in [-0.3, -0.25) is 4.79 Å². The molecule has 0 bridgehead atoms. The van der Waals surface area contributed by atoms with Crippen molar-refractivity contribution in [2.75, 3.05) is 27.2 Å². The third-order valence-electron chi connectivity index (χ3n) is 4.90. The minimum absolute atomic E-state index is 0.0938. The van der Waals surface area contributed by atoms with Crippen LogP contribution < -0.4 is 0 Å². The Hall–Kier alpha value is -2.19. The molecule has 7 nitrogen and oxygen atoms in total. The molecule has 1 saturated heterocycles. The number of imidazole rings is 1. The molecule has 3 rings (SSSR count). The van der Waals surface area contributed by atoms with Crippen LogP contribution >= 0.6 is 0 Å². The highest BCUT2D eigenvalue weighted by Crippen LogP contribution is 2.33. The lowest BCUT2D eigenvalue weighted by molar-refractivity contribution is -0.140. The number of rotatable bonds is 4. The van der Waals surface area contributed by atoms with Crippen LogP contribution in [0.1, 0.15) is 18.4 Å². The van der Waals surface area contributed by atoms with E-state index in [1.807, 2.05) is 6.92 Å². The van der Waals surface area contributed by atoms with Crippen LogP contribution in [0.5, 0.6) is 0 Å². The first-order valence-corrected chi connectivity index (χ1v) is 9.98. The van der Waals surface area contributed by atoms with E-state index >= 15 is 0 Å². The number of aromatic nitrogens is 2. The van der Waals surface area contributed by atoms with Crippen molar-refractivity contribution in [3.05, 3.63) is 48.5 Å². The van der Waals surface area contributed by atoms with Gasteiger partial charge in [0.15, 0.2) is 0 Å². The number of nitrogens with zero attached hydrogens (tertiary/aromatic N) is 4. The molecule has 1 aliphatic rings. The number of aryl methyl sites for hydroxylation is 1. The normalized spacial score (nSPS) is 21.5. The van der Waals surface area contributed by atoms with Gasteiger partial charge in [-0.05, 0) is 31.9 Å². The average Bonchev–Trinajstić information content (AvgIpc) is 3.16. The van der Waals surface area contributed by atoms with Gasteiger partial charge in [-0.25, -0.2) is 13.4 Å². The summed E-state index contributed by atoms with van der Waals surface area (Å²) in [5, 5.41) is 0. The number of piperidine rings is 1. The summed E-state index contributed by atoms with van der Waals surface area (Å²) in [5.74, 6) is -0.126. The Balaban J connectivity index is 2.01. The first kappa shape index (κ1) is 18.6. The molecule has 1 amide bonds. The van der Waals surface area contributed by atoms with E-state index in [1.165, 1.54) is 9.21 Å². The third kappa shape index (κ3) is 3.14. The van der Waals surface area contributed by atoms with Gasteiger partial charge in [-0.1, -0.05) is 17.7 Å². The highest BCUT2D eigenvalue weighted by atomic mass is 32.2. The second-order valence-corrected chi connectivity index (χ2v) is 8.89. The second-order valence-electron chi connectivity index (χ2n) is 6.96. The maximum Gasteiger partial charge on any atom is 0.249 e. The number of sulfonamides is 1. The van der Waals surface area contributed by atoms with Gasteiger partial charge in [0.2, 0.25) is 15.9 Å². The Kier molecular flexibility index (Phi) is 4.90. The minimum atomic E-state index is -3.67. The Labute approximate surface area is 154 Å². The van der Waals surface area contributed by atoms with Gasteiger partial charge in [-0.2, -0.15) is 4.31 Å². The number of carbonyl (C=O) groups excluding carboxylic acids is 1. The van der Waals surface area contributed by atoms with Crippen molar-refractivity contribution < 1.29 is 13.2 Å². The van der Waals surface area contributed by atoms with Gasteiger partial charge in [0.05, 0.1) is 11.2 Å². The van der Waals surface area contributed by atoms with E-state index in [0.29, 0.717) is 19.4 Å². The quantitative estimate of drug-likeness (QED) is 0.810. The highest BCUT2D eigenvalue weighted by molar-refractivity contribution is 7.89. The number of benzene rings is 1. The molecule has 0 radical (unpaired) electrons. The van der Waals surface area contributed by atoms with Gasteiger partial charge >= 0.3 is 0 Å². The van der Waals surface area contributed by atoms with E-state index in [0.717, 1.165) is 5.56 Å². The largest absolute Gasteiger partial charge is 0.347 e. The predicted molar refractivity (Wildman–Crippen MR) is 98.1 cm³/mol. The monoisotopic (exact) mass is 376 g/mol. The topological polar surface area (TPSA) is 75.5 Å². The lowest BCUT2D eigenvalue weighted by Gasteiger charge is -2.42. The van der Waals surface area contributed by atoms with Crippen LogP contribution in [-0.4, -0.2) is 60.3 Å². The SMILES string of the molecule is Cc1ccc(S(=O)(=O)N2CCCC(C(=O)N(C)C)(n3ccnc3)C2)cc1. The van der Waals surface area contributed by atoms with Crippen molar-refractivity contribution in [3.63, 3.8) is 0 Å². The summed E-state index contributed by atoms with van der Waals surface area (Å²) in [4.78, 5) is 18.9. The molecular weight excluding hydrogens is 352 g/mol. The van der Waals surface area contributed by atoms with Gasteiger partial charge in [0, 0.05) is 39.6 Å². The Morgan fingerprint density at radius 2 is 1.92 bits per heavy atom. The summed E-state index contributed by atoms with van der Waals surface area (Å²) in [6, 6.07) is 6.80. The molecule has 0 spiro atoms. The zero-order valence-electron chi connectivity index (χ0n) is 15.3. The lowest BCUT2D eigenvalue weighted by Crippen LogP contribution is -2.58. The molecule has 1 atom stereocenters. The summed E-state index contributed by atoms with van der Waals surface area (Å²) in [7, 11) is -0.293. The molecule has 2 heterocycles. The summed E-state index contributed by atoms with van der Waals surface area (Å²) < 4.78 is 29.4. The van der Waals surface area contributed by atoms with Crippen molar-refractivity contribution in [1.82, 2.24) is 18.8 Å². The molecule has 0 saturated carbocycles. The molecule has 1 aromatic carbocycles. The van der Waals surface area contributed by atoms with E-state index in [4.69, 9.17) is 0 Å². The number of carbonyl (C=O) groups is 1. The first-order valence-electron chi connectivity index (χ1n) is 8.54. The van der Waals surface area contributed by atoms with Crippen LogP contribution in [-0.2, 0) is 20.4 Å². The van der Waals surface area contributed by atoms with Gasteiger partial charge in [-0.15, -0.1) is 0 Å². The van der Waals surface area contributed by atoms with E-state index in [-0.39, 0.29) is 17.3 Å². The van der Waals surface area contributed by atoms with Crippen molar-refractivity contribution >= 4 is 15.9 Å². The smallest absolute Gasteiger partial charge is 0.249 e. The van der Waals surface area contributed by atoms with E-state index in [1.54, 1.807) is 61.6 Å². The molecule has 26 heavy (non-hydrogen) atoms. The van der Waals surface area contributed by atoms with Crippen molar-refractivity contribution in [1.29, 1.82) is 0 Å². The van der Waals surface area contributed by atoms with E-state index < -0.39 is 15.6 Å². The molecule has 1 unspecified atom stereocenters. The zero-order chi connectivity index (χ0) is 18.9. The van der Waals surface area contributed by atoms with Gasteiger partial charge in [0.1, 0.15) is 5.54 Å². The zero-order valence-corrected chi connectivity index (χ0v) is 16.1. The Morgan fingerprint density at radius 3 is 2.50 bits per heavy atom. The molecular formula is C18H24N4O3S. The molecule has 8 heteroatoms. The third-order valence-corrected chi connectivity index (χ3v) is 6.76. The summed E-state index contributed by atoms with van der Waals surface area (Å²) >= 11 is 0. The van der Waals surface area contributed by atoms with Crippen LogP contribution in [0.3, 0.4) is 0 Å². The fourth-order valence-electron chi connectivity index (χ4n) is 3.49. The summed E-state index contributed by atoms with van der Waals surface area (Å²) in [5.41, 5.74) is 0.0221. The van der Waals surface area contributed by atoms with E-state index in [9.17, 15) is 13.2 Å². The lowest BCUT2D eigenvalue weighted by atomic mass is 9.88. The standard InChI is InChI=1S/C18H24N4O3S/c1-15-5-7-16(8-6-15)26(24,25)22-11-4-9-18(13-22,17(23)20(2)3)21-12-10-19-14-21/h5-8,10,12,14H,4,9,11,13H2,1-3H3. The predicted octanol–water partition coefficient (Wildman–Crippen LogP) is 1.46. The molecule has 0 N–H and O–H groups in total. The van der Waals surface area contributed by atoms with Crippen LogP contribution in [0.2, 0.25) is 0 Å². The fraction of sp³-hybridized carbons (Fsp3) is 0.444. The number of amides is 1. The van der Waals surface area contributed by atoms with Crippen molar-refractivity contribution in [2.45, 2.75) is 30.2 Å². The summed E-state index contributed by atoms with van der Waals surface area (Å²) in [6.07, 6.45) is 6.09. The number of likely N-dealkylation sites (N-methyl/N-ethyl adjacent to an activating group) is 1. The second kappa shape index (κ2) is 6.85. The van der Waals surface area contributed by atoms with Crippen LogP contribution in [0.25, 0.3) is 0 Å². The average molecular weight is 376 g/mol. The fourth-order valence-corrected chi connectivity index (χ4v) is 5.02. The molecule has 140 valence electrons. The number of hydrogen-bond acceptors (Lipinski definition) is 4. The van der Waals surface area contributed by atoms with Crippen LogP contribution in [0.4, 0.5) is 0 Å². The van der Waals surface area contributed by atoms with Gasteiger partial charge in [0.25, 0.3) is 0 Å². The molecule has 1 fully saturated rings. The van der Waals surface area contributed by atoms with Crippen LogP contribution in [0.15, 0.2) is 47.9 Å².